The summed E-state index contributed by atoms with van der Waals surface area (Å²) in [6, 6.07) is 32.2. The Balaban J connectivity index is 0.00000280. The minimum Gasteiger partial charge on any atom is -0.481 e. The Bertz CT molecular complexity index is 757. The van der Waals surface area contributed by atoms with Crippen molar-refractivity contribution < 1.29 is 9.90 Å². The Morgan fingerprint density at radius 3 is 1.46 bits per heavy atom. The van der Waals surface area contributed by atoms with E-state index in [2.05, 4.69) is 97.9 Å². The fourth-order valence-electron chi connectivity index (χ4n) is 3.74. The summed E-state index contributed by atoms with van der Waals surface area (Å²) in [5.74, 6) is -0.403. The average molecular weight is 458 g/mol. The second kappa shape index (κ2) is 10.5. The second-order valence-corrected chi connectivity index (χ2v) is 10.6. The summed E-state index contributed by atoms with van der Waals surface area (Å²) in [5, 5.41) is 13.2. The van der Waals surface area contributed by atoms with Crippen LogP contribution in [0.25, 0.3) is 0 Å². The molecule has 3 aromatic rings. The summed E-state index contributed by atoms with van der Waals surface area (Å²) >= 11 is 0. The van der Waals surface area contributed by atoms with Gasteiger partial charge < -0.3 is 5.11 Å². The third-order valence-electron chi connectivity index (χ3n) is 5.03. The van der Waals surface area contributed by atoms with Gasteiger partial charge in [0.05, 0.1) is 6.16 Å². The molecule has 0 heterocycles. The average Bonchev–Trinajstić information content (AvgIpc) is 2.72. The van der Waals surface area contributed by atoms with Crippen LogP contribution in [0, 0.1) is 5.92 Å². The van der Waals surface area contributed by atoms with Crippen molar-refractivity contribution in [3.05, 3.63) is 91.0 Å². The Kier molecular flexibility index (Phi) is 8.41. The lowest BCUT2D eigenvalue weighted by molar-refractivity contribution is -0.137. The topological polar surface area (TPSA) is 37.3 Å². The number of carboxylic acids is 1. The zero-order valence-corrected chi connectivity index (χ0v) is 18.7. The molecule has 0 fully saturated rings. The van der Waals surface area contributed by atoms with Crippen LogP contribution >= 0.6 is 24.2 Å². The first-order valence-electron chi connectivity index (χ1n) is 9.39. The van der Waals surface area contributed by atoms with Crippen LogP contribution in [0.15, 0.2) is 91.0 Å². The van der Waals surface area contributed by atoms with E-state index in [0.29, 0.717) is 12.3 Å². The monoisotopic (exact) mass is 457 g/mol. The molecule has 0 amide bonds. The molecule has 0 saturated heterocycles. The van der Waals surface area contributed by atoms with Crippen molar-refractivity contribution in [3.63, 3.8) is 0 Å². The van der Waals surface area contributed by atoms with E-state index in [9.17, 15) is 4.79 Å². The molecule has 0 aliphatic heterocycles. The zero-order valence-electron chi connectivity index (χ0n) is 16.1. The number of rotatable bonds is 8. The quantitative estimate of drug-likeness (QED) is 0.480. The molecular formula is C24H27BrO2P+. The van der Waals surface area contributed by atoms with Gasteiger partial charge in [-0.3, -0.25) is 4.79 Å². The minimum atomic E-state index is -1.86. The molecule has 0 bridgehead atoms. The van der Waals surface area contributed by atoms with Gasteiger partial charge in [-0.2, -0.15) is 0 Å². The Labute approximate surface area is 178 Å². The standard InChI is InChI=1S/C24H25O2P.BrH/c1-20(17-18-24(25)26)19-27(21-11-5-2-6-12-21,22-13-7-3-8-14-22)23-15-9-4-10-16-23;/h2-16,20H,17-19H2,1H3;1H/p+1. The predicted octanol–water partition coefficient (Wildman–Crippen LogP) is 5.06. The molecule has 28 heavy (non-hydrogen) atoms. The molecule has 146 valence electrons. The number of hydrogen-bond acceptors (Lipinski definition) is 1. The first-order chi connectivity index (χ1) is 13.1. The molecule has 0 saturated carbocycles. The highest BCUT2D eigenvalue weighted by atomic mass is 79.9. The summed E-state index contributed by atoms with van der Waals surface area (Å²) in [4.78, 5) is 11.1. The van der Waals surface area contributed by atoms with Crippen LogP contribution in [-0.4, -0.2) is 17.2 Å². The lowest BCUT2D eigenvalue weighted by Gasteiger charge is -2.30. The van der Waals surface area contributed by atoms with Crippen molar-refractivity contribution in [3.8, 4) is 0 Å². The van der Waals surface area contributed by atoms with Crippen LogP contribution in [0.4, 0.5) is 0 Å². The Morgan fingerprint density at radius 1 is 0.786 bits per heavy atom. The summed E-state index contributed by atoms with van der Waals surface area (Å²) in [5.41, 5.74) is 0. The van der Waals surface area contributed by atoms with Crippen LogP contribution in [0.1, 0.15) is 19.8 Å². The third kappa shape index (κ3) is 5.10. The summed E-state index contributed by atoms with van der Waals surface area (Å²) in [6.07, 6.45) is 1.89. The summed E-state index contributed by atoms with van der Waals surface area (Å²) in [7, 11) is -1.86. The number of halogens is 1. The highest BCUT2D eigenvalue weighted by molar-refractivity contribution is 8.93. The van der Waals surface area contributed by atoms with Gasteiger partial charge in [0, 0.05) is 6.42 Å². The van der Waals surface area contributed by atoms with Crippen LogP contribution in [-0.2, 0) is 4.79 Å². The molecule has 0 radical (unpaired) electrons. The SMILES string of the molecule is Br.CC(CCC(=O)O)C[P+](c1ccccc1)(c1ccccc1)c1ccccc1. The van der Waals surface area contributed by atoms with Crippen LogP contribution in [0.5, 0.6) is 0 Å². The molecule has 1 unspecified atom stereocenters. The molecule has 3 rings (SSSR count). The largest absolute Gasteiger partial charge is 0.481 e. The lowest BCUT2D eigenvalue weighted by atomic mass is 10.1. The second-order valence-electron chi connectivity index (χ2n) is 7.04. The first-order valence-corrected chi connectivity index (χ1v) is 11.4. The molecule has 0 spiro atoms. The van der Waals surface area contributed by atoms with E-state index in [-0.39, 0.29) is 23.4 Å². The van der Waals surface area contributed by atoms with Crippen molar-refractivity contribution in [2.45, 2.75) is 19.8 Å². The fraction of sp³-hybridized carbons (Fsp3) is 0.208. The van der Waals surface area contributed by atoms with Gasteiger partial charge in [0.15, 0.2) is 0 Å². The van der Waals surface area contributed by atoms with Crippen molar-refractivity contribution in [2.24, 2.45) is 5.92 Å². The van der Waals surface area contributed by atoms with E-state index in [0.717, 1.165) is 6.16 Å². The maximum Gasteiger partial charge on any atom is 0.303 e. The Morgan fingerprint density at radius 2 is 1.14 bits per heavy atom. The first kappa shape index (κ1) is 22.3. The van der Waals surface area contributed by atoms with Crippen LogP contribution < -0.4 is 15.9 Å². The molecular weight excluding hydrogens is 431 g/mol. The molecule has 1 N–H and O–H groups in total. The highest BCUT2D eigenvalue weighted by Crippen LogP contribution is 2.56. The van der Waals surface area contributed by atoms with E-state index < -0.39 is 13.2 Å². The van der Waals surface area contributed by atoms with Crippen molar-refractivity contribution in [2.75, 3.05) is 6.16 Å². The number of benzene rings is 3. The third-order valence-corrected chi connectivity index (χ3v) is 9.74. The maximum absolute atomic E-state index is 11.1. The van der Waals surface area contributed by atoms with Gasteiger partial charge in [0.1, 0.15) is 23.2 Å². The van der Waals surface area contributed by atoms with Gasteiger partial charge in [-0.1, -0.05) is 61.5 Å². The number of carbonyl (C=O) groups is 1. The van der Waals surface area contributed by atoms with Gasteiger partial charge in [-0.05, 0) is 48.7 Å². The number of carboxylic acid groups (broad SMARTS) is 1. The zero-order chi connectivity index (χ0) is 19.1. The smallest absolute Gasteiger partial charge is 0.303 e. The Hall–Kier alpha value is -1.96. The predicted molar refractivity (Wildman–Crippen MR) is 126 cm³/mol. The summed E-state index contributed by atoms with van der Waals surface area (Å²) in [6.45, 7) is 2.19. The van der Waals surface area contributed by atoms with E-state index in [4.69, 9.17) is 5.11 Å². The van der Waals surface area contributed by atoms with Gasteiger partial charge in [0.2, 0.25) is 0 Å². The summed E-state index contributed by atoms with van der Waals surface area (Å²) < 4.78 is 0. The van der Waals surface area contributed by atoms with E-state index >= 15 is 0 Å². The van der Waals surface area contributed by atoms with Gasteiger partial charge in [0.25, 0.3) is 0 Å². The van der Waals surface area contributed by atoms with Gasteiger partial charge >= 0.3 is 5.97 Å². The highest BCUT2D eigenvalue weighted by Gasteiger charge is 2.46. The number of aliphatic carboxylic acids is 1. The molecule has 4 heteroatoms. The van der Waals surface area contributed by atoms with Crippen LogP contribution in [0.3, 0.4) is 0 Å². The van der Waals surface area contributed by atoms with Gasteiger partial charge in [-0.25, -0.2) is 0 Å². The van der Waals surface area contributed by atoms with E-state index in [1.807, 2.05) is 0 Å². The molecule has 0 aliphatic carbocycles. The normalized spacial score (nSPS) is 12.0. The maximum atomic E-state index is 11.1. The fourth-order valence-corrected chi connectivity index (χ4v) is 8.43. The molecule has 2 nitrogen and oxygen atoms in total. The molecule has 0 aliphatic rings. The van der Waals surface area contributed by atoms with E-state index in [1.54, 1.807) is 0 Å². The molecule has 1 atom stereocenters. The number of hydrogen-bond donors (Lipinski definition) is 1. The van der Waals surface area contributed by atoms with Gasteiger partial charge in [-0.15, -0.1) is 17.0 Å². The lowest BCUT2D eigenvalue weighted by Crippen LogP contribution is -2.35. The van der Waals surface area contributed by atoms with Crippen LogP contribution in [0.2, 0.25) is 0 Å². The molecule has 0 aromatic heterocycles. The molecule has 3 aromatic carbocycles. The van der Waals surface area contributed by atoms with E-state index in [1.165, 1.54) is 15.9 Å². The van der Waals surface area contributed by atoms with Crippen molar-refractivity contribution in [1.82, 2.24) is 0 Å². The van der Waals surface area contributed by atoms with Crippen molar-refractivity contribution in [1.29, 1.82) is 0 Å². The minimum absolute atomic E-state index is 0. The van der Waals surface area contributed by atoms with Crippen molar-refractivity contribution >= 4 is 46.1 Å².